The lowest BCUT2D eigenvalue weighted by atomic mass is 10.0. The first-order valence-electron chi connectivity index (χ1n) is 4.64. The molecular weight excluding hydrogens is 178 g/mol. The standard InChI is InChI=1S/C10H13N3O/c11-8-3-4-9-7(6-8)2-1-5-13(9)10(12)14/h3-4,6H,1-2,5,11H2,(H2,12,14). The fourth-order valence-electron chi connectivity index (χ4n) is 1.85. The van der Waals surface area contributed by atoms with E-state index < -0.39 is 6.03 Å². The minimum Gasteiger partial charge on any atom is -0.399 e. The minimum absolute atomic E-state index is 0.393. The van der Waals surface area contributed by atoms with Crippen LogP contribution in [-0.2, 0) is 6.42 Å². The van der Waals surface area contributed by atoms with Crippen LogP contribution in [0.4, 0.5) is 16.2 Å². The molecule has 0 spiro atoms. The zero-order valence-corrected chi connectivity index (χ0v) is 7.86. The molecule has 4 N–H and O–H groups in total. The highest BCUT2D eigenvalue weighted by molar-refractivity contribution is 5.92. The average molecular weight is 191 g/mol. The number of anilines is 2. The van der Waals surface area contributed by atoms with Crippen molar-refractivity contribution in [2.75, 3.05) is 17.2 Å². The second-order valence-corrected chi connectivity index (χ2v) is 3.48. The summed E-state index contributed by atoms with van der Waals surface area (Å²) in [5.41, 5.74) is 13.7. The molecule has 14 heavy (non-hydrogen) atoms. The molecule has 1 aromatic rings. The van der Waals surface area contributed by atoms with Crippen LogP contribution in [-0.4, -0.2) is 12.6 Å². The first kappa shape index (κ1) is 8.87. The molecule has 2 rings (SSSR count). The highest BCUT2D eigenvalue weighted by atomic mass is 16.2. The Hall–Kier alpha value is -1.71. The van der Waals surface area contributed by atoms with Crippen LogP contribution in [0.25, 0.3) is 0 Å². The van der Waals surface area contributed by atoms with Gasteiger partial charge in [-0.3, -0.25) is 4.90 Å². The van der Waals surface area contributed by atoms with Gasteiger partial charge in [0, 0.05) is 17.9 Å². The van der Waals surface area contributed by atoms with Crippen molar-refractivity contribution in [3.05, 3.63) is 23.8 Å². The molecule has 0 bridgehead atoms. The van der Waals surface area contributed by atoms with Gasteiger partial charge in [0.2, 0.25) is 0 Å². The zero-order chi connectivity index (χ0) is 10.1. The van der Waals surface area contributed by atoms with Crippen LogP contribution in [0.1, 0.15) is 12.0 Å². The van der Waals surface area contributed by atoms with E-state index in [9.17, 15) is 4.79 Å². The molecule has 0 saturated heterocycles. The molecule has 0 radical (unpaired) electrons. The molecule has 0 aliphatic carbocycles. The SMILES string of the molecule is NC(=O)N1CCCc2cc(N)ccc21. The van der Waals surface area contributed by atoms with Gasteiger partial charge in [-0.15, -0.1) is 0 Å². The molecule has 0 aromatic heterocycles. The Balaban J connectivity index is 2.44. The van der Waals surface area contributed by atoms with Gasteiger partial charge in [0.05, 0.1) is 0 Å². The summed E-state index contributed by atoms with van der Waals surface area (Å²) in [6.07, 6.45) is 1.91. The molecule has 0 saturated carbocycles. The molecule has 4 nitrogen and oxygen atoms in total. The maximum absolute atomic E-state index is 11.1. The summed E-state index contributed by atoms with van der Waals surface area (Å²) in [5.74, 6) is 0. The van der Waals surface area contributed by atoms with Crippen molar-refractivity contribution in [1.29, 1.82) is 0 Å². The molecule has 0 atom stereocenters. The molecule has 1 heterocycles. The molecule has 1 aliphatic rings. The van der Waals surface area contributed by atoms with Gasteiger partial charge in [-0.1, -0.05) is 0 Å². The van der Waals surface area contributed by atoms with Crippen molar-refractivity contribution >= 4 is 17.4 Å². The number of nitrogens with two attached hydrogens (primary N) is 2. The van der Waals surface area contributed by atoms with Crippen molar-refractivity contribution in [2.24, 2.45) is 5.73 Å². The molecule has 1 aromatic carbocycles. The van der Waals surface area contributed by atoms with Crippen LogP contribution in [0, 0.1) is 0 Å². The van der Waals surface area contributed by atoms with Gasteiger partial charge in [0.15, 0.2) is 0 Å². The van der Waals surface area contributed by atoms with Crippen LogP contribution >= 0.6 is 0 Å². The van der Waals surface area contributed by atoms with Gasteiger partial charge in [-0.25, -0.2) is 4.79 Å². The Morgan fingerprint density at radius 1 is 1.43 bits per heavy atom. The number of nitrogens with zero attached hydrogens (tertiary/aromatic N) is 1. The molecule has 1 aliphatic heterocycles. The first-order valence-corrected chi connectivity index (χ1v) is 4.64. The van der Waals surface area contributed by atoms with Gasteiger partial charge in [-0.05, 0) is 36.6 Å². The molecular formula is C10H13N3O. The number of benzene rings is 1. The predicted octanol–water partition coefficient (Wildman–Crippen LogP) is 1.10. The maximum atomic E-state index is 11.1. The zero-order valence-electron chi connectivity index (χ0n) is 7.86. The summed E-state index contributed by atoms with van der Waals surface area (Å²) < 4.78 is 0. The average Bonchev–Trinajstić information content (AvgIpc) is 2.16. The van der Waals surface area contributed by atoms with Crippen LogP contribution < -0.4 is 16.4 Å². The number of aryl methyl sites for hydroxylation is 1. The third kappa shape index (κ3) is 1.39. The number of carbonyl (C=O) groups excluding carboxylic acids is 1. The topological polar surface area (TPSA) is 72.4 Å². The van der Waals surface area contributed by atoms with E-state index in [4.69, 9.17) is 11.5 Å². The molecule has 2 amide bonds. The van der Waals surface area contributed by atoms with Crippen LogP contribution in [0.3, 0.4) is 0 Å². The highest BCUT2D eigenvalue weighted by Crippen LogP contribution is 2.28. The van der Waals surface area contributed by atoms with Crippen molar-refractivity contribution in [3.63, 3.8) is 0 Å². The Morgan fingerprint density at radius 2 is 2.21 bits per heavy atom. The van der Waals surface area contributed by atoms with E-state index in [0.29, 0.717) is 6.54 Å². The highest BCUT2D eigenvalue weighted by Gasteiger charge is 2.20. The lowest BCUT2D eigenvalue weighted by Gasteiger charge is -2.27. The van der Waals surface area contributed by atoms with E-state index in [1.54, 1.807) is 11.0 Å². The van der Waals surface area contributed by atoms with Crippen LogP contribution in [0.5, 0.6) is 0 Å². The fourth-order valence-corrected chi connectivity index (χ4v) is 1.85. The quantitative estimate of drug-likeness (QED) is 0.603. The monoisotopic (exact) mass is 191 g/mol. The van der Waals surface area contributed by atoms with Crippen molar-refractivity contribution in [2.45, 2.75) is 12.8 Å². The van der Waals surface area contributed by atoms with Gasteiger partial charge in [-0.2, -0.15) is 0 Å². The van der Waals surface area contributed by atoms with Crippen molar-refractivity contribution in [1.82, 2.24) is 0 Å². The normalized spacial score (nSPS) is 15.0. The van der Waals surface area contributed by atoms with E-state index in [0.717, 1.165) is 29.8 Å². The first-order chi connectivity index (χ1) is 6.68. The Labute approximate surface area is 82.5 Å². The van der Waals surface area contributed by atoms with Gasteiger partial charge in [0.25, 0.3) is 0 Å². The molecule has 4 heteroatoms. The number of amides is 2. The smallest absolute Gasteiger partial charge is 0.319 e. The Bertz CT molecular complexity index is 376. The summed E-state index contributed by atoms with van der Waals surface area (Å²) in [4.78, 5) is 12.7. The summed E-state index contributed by atoms with van der Waals surface area (Å²) in [7, 11) is 0. The summed E-state index contributed by atoms with van der Waals surface area (Å²) >= 11 is 0. The summed E-state index contributed by atoms with van der Waals surface area (Å²) in [5, 5.41) is 0. The summed E-state index contributed by atoms with van der Waals surface area (Å²) in [6, 6.07) is 5.16. The van der Waals surface area contributed by atoms with Crippen molar-refractivity contribution in [3.8, 4) is 0 Å². The minimum atomic E-state index is -0.393. The molecule has 74 valence electrons. The van der Waals surface area contributed by atoms with E-state index in [1.807, 2.05) is 12.1 Å². The second-order valence-electron chi connectivity index (χ2n) is 3.48. The number of hydrogen-bond acceptors (Lipinski definition) is 2. The van der Waals surface area contributed by atoms with Crippen LogP contribution in [0.15, 0.2) is 18.2 Å². The number of urea groups is 1. The number of nitrogen functional groups attached to an aromatic ring is 1. The largest absolute Gasteiger partial charge is 0.399 e. The molecule has 0 unspecified atom stereocenters. The van der Waals surface area contributed by atoms with Gasteiger partial charge in [0.1, 0.15) is 0 Å². The summed E-state index contributed by atoms with van der Waals surface area (Å²) in [6.45, 7) is 0.701. The van der Waals surface area contributed by atoms with E-state index in [-0.39, 0.29) is 0 Å². The molecule has 0 fully saturated rings. The third-order valence-electron chi connectivity index (χ3n) is 2.49. The lowest BCUT2D eigenvalue weighted by molar-refractivity contribution is 0.253. The van der Waals surface area contributed by atoms with Crippen molar-refractivity contribution < 1.29 is 4.79 Å². The van der Waals surface area contributed by atoms with Crippen LogP contribution in [0.2, 0.25) is 0 Å². The number of rotatable bonds is 0. The van der Waals surface area contributed by atoms with Gasteiger partial charge >= 0.3 is 6.03 Å². The van der Waals surface area contributed by atoms with E-state index in [1.165, 1.54) is 0 Å². The maximum Gasteiger partial charge on any atom is 0.319 e. The Kier molecular flexibility index (Phi) is 2.04. The lowest BCUT2D eigenvalue weighted by Crippen LogP contribution is -2.39. The number of carbonyl (C=O) groups is 1. The van der Waals surface area contributed by atoms with Gasteiger partial charge < -0.3 is 11.5 Å². The predicted molar refractivity (Wildman–Crippen MR) is 56.1 cm³/mol. The van der Waals surface area contributed by atoms with E-state index in [2.05, 4.69) is 0 Å². The second kappa shape index (κ2) is 3.21. The third-order valence-corrected chi connectivity index (χ3v) is 2.49. The van der Waals surface area contributed by atoms with E-state index >= 15 is 0 Å². The fraction of sp³-hybridized carbons (Fsp3) is 0.300. The Morgan fingerprint density at radius 3 is 2.93 bits per heavy atom. The number of fused-ring (bicyclic) bond motifs is 1. The number of hydrogen-bond donors (Lipinski definition) is 2. The number of primary amides is 1.